The zero-order valence-corrected chi connectivity index (χ0v) is 22.0. The van der Waals surface area contributed by atoms with Crippen LogP contribution in [0.2, 0.25) is 10.0 Å². The maximum absolute atomic E-state index is 13.5. The van der Waals surface area contributed by atoms with Gasteiger partial charge in [0.15, 0.2) is 0 Å². The van der Waals surface area contributed by atoms with Crippen LogP contribution < -0.4 is 5.73 Å². The van der Waals surface area contributed by atoms with Gasteiger partial charge in [0.05, 0.1) is 23.6 Å². The third-order valence-electron chi connectivity index (χ3n) is 5.85. The van der Waals surface area contributed by atoms with Crippen LogP contribution in [0.4, 0.5) is 5.69 Å². The predicted octanol–water partition coefficient (Wildman–Crippen LogP) is 7.93. The summed E-state index contributed by atoms with van der Waals surface area (Å²) in [5.74, 6) is -0.782. The second-order valence-corrected chi connectivity index (χ2v) is 10.0. The summed E-state index contributed by atoms with van der Waals surface area (Å²) < 4.78 is 5.48. The van der Waals surface area contributed by atoms with Crippen LogP contribution in [0.3, 0.4) is 0 Å². The highest BCUT2D eigenvalue weighted by Crippen LogP contribution is 2.45. The summed E-state index contributed by atoms with van der Waals surface area (Å²) in [5.41, 5.74) is 10.1. The summed E-state index contributed by atoms with van der Waals surface area (Å²) in [4.78, 5) is 32.6. The highest BCUT2D eigenvalue weighted by atomic mass is 35.5. The third-order valence-corrected chi connectivity index (χ3v) is 7.45. The lowest BCUT2D eigenvalue weighted by atomic mass is 9.92. The number of ketones is 1. The van der Waals surface area contributed by atoms with Gasteiger partial charge in [0.25, 0.3) is 0 Å². The van der Waals surface area contributed by atoms with Crippen LogP contribution in [0.15, 0.2) is 78.9 Å². The van der Waals surface area contributed by atoms with Crippen LogP contribution >= 0.6 is 34.5 Å². The molecule has 184 valence electrons. The Morgan fingerprint density at radius 3 is 2.14 bits per heavy atom. The lowest BCUT2D eigenvalue weighted by Crippen LogP contribution is -2.11. The molecule has 0 atom stereocenters. The number of halogens is 2. The number of aromatic nitrogens is 1. The SMILES string of the molecule is CCOC(=O)c1c(-c2ccccc2)nc2sc(C(=O)c3ccc(Cl)cc3)c(N)c2c1-c1ccc(Cl)cc1. The lowest BCUT2D eigenvalue weighted by Gasteiger charge is -2.16. The molecule has 0 aliphatic heterocycles. The number of esters is 1. The van der Waals surface area contributed by atoms with Gasteiger partial charge in [-0.2, -0.15) is 0 Å². The number of nitrogens with zero attached hydrogens (tertiary/aromatic N) is 1. The molecule has 0 spiro atoms. The predicted molar refractivity (Wildman–Crippen MR) is 151 cm³/mol. The van der Waals surface area contributed by atoms with Crippen molar-refractivity contribution in [1.82, 2.24) is 4.98 Å². The van der Waals surface area contributed by atoms with E-state index in [1.54, 1.807) is 43.3 Å². The van der Waals surface area contributed by atoms with E-state index in [9.17, 15) is 9.59 Å². The van der Waals surface area contributed by atoms with Crippen LogP contribution in [0.1, 0.15) is 32.5 Å². The van der Waals surface area contributed by atoms with Crippen molar-refractivity contribution in [3.8, 4) is 22.4 Å². The zero-order chi connectivity index (χ0) is 26.1. The number of nitrogens with two attached hydrogens (primary N) is 1. The molecule has 2 aromatic heterocycles. The molecule has 5 aromatic rings. The first-order valence-electron chi connectivity index (χ1n) is 11.4. The smallest absolute Gasteiger partial charge is 0.341 e. The van der Waals surface area contributed by atoms with Crippen molar-refractivity contribution in [2.45, 2.75) is 6.92 Å². The standard InChI is InChI=1S/C29H20Cl2N2O3S/c1-2-36-29(35)23-21(16-8-12-19(30)13-9-16)22-24(32)27(26(34)18-10-14-20(31)15-11-18)37-28(22)33-25(23)17-6-4-3-5-7-17/h3-15H,2,32H2,1H3. The molecule has 0 radical (unpaired) electrons. The summed E-state index contributed by atoms with van der Waals surface area (Å²) >= 11 is 13.4. The van der Waals surface area contributed by atoms with Crippen molar-refractivity contribution >= 4 is 62.2 Å². The summed E-state index contributed by atoms with van der Waals surface area (Å²) in [6.07, 6.45) is 0. The van der Waals surface area contributed by atoms with Gasteiger partial charge in [-0.25, -0.2) is 9.78 Å². The van der Waals surface area contributed by atoms with Gasteiger partial charge in [-0.1, -0.05) is 65.7 Å². The fourth-order valence-electron chi connectivity index (χ4n) is 4.17. The van der Waals surface area contributed by atoms with Crippen LogP contribution in [0, 0.1) is 0 Å². The fourth-order valence-corrected chi connectivity index (χ4v) is 5.48. The van der Waals surface area contributed by atoms with E-state index in [-0.39, 0.29) is 23.6 Å². The highest BCUT2D eigenvalue weighted by Gasteiger charge is 2.29. The van der Waals surface area contributed by atoms with E-state index < -0.39 is 5.97 Å². The van der Waals surface area contributed by atoms with Crippen molar-refractivity contribution in [2.75, 3.05) is 12.3 Å². The van der Waals surface area contributed by atoms with Gasteiger partial charge >= 0.3 is 5.97 Å². The number of pyridine rings is 1. The Labute approximate surface area is 227 Å². The Kier molecular flexibility index (Phi) is 6.98. The number of carbonyl (C=O) groups excluding carboxylic acids is 2. The molecule has 0 aliphatic rings. The Hall–Kier alpha value is -3.71. The van der Waals surface area contributed by atoms with Crippen molar-refractivity contribution < 1.29 is 14.3 Å². The number of hydrogen-bond donors (Lipinski definition) is 1. The molecule has 2 N–H and O–H groups in total. The maximum Gasteiger partial charge on any atom is 0.341 e. The molecule has 0 saturated carbocycles. The molecule has 0 bridgehead atoms. The lowest BCUT2D eigenvalue weighted by molar-refractivity contribution is 0.0528. The summed E-state index contributed by atoms with van der Waals surface area (Å²) in [6.45, 7) is 1.93. The molecule has 0 amide bonds. The minimum atomic E-state index is -0.531. The van der Waals surface area contributed by atoms with Gasteiger partial charge in [-0.3, -0.25) is 4.79 Å². The third kappa shape index (κ3) is 4.71. The Morgan fingerprint density at radius 2 is 1.51 bits per heavy atom. The molecule has 37 heavy (non-hydrogen) atoms. The van der Waals surface area contributed by atoms with Crippen molar-refractivity contribution in [3.63, 3.8) is 0 Å². The van der Waals surface area contributed by atoms with Crippen molar-refractivity contribution in [2.24, 2.45) is 0 Å². The summed E-state index contributed by atoms with van der Waals surface area (Å²) in [6, 6.07) is 23.1. The second-order valence-electron chi connectivity index (χ2n) is 8.16. The van der Waals surface area contributed by atoms with E-state index in [1.807, 2.05) is 42.5 Å². The van der Waals surface area contributed by atoms with E-state index in [4.69, 9.17) is 38.7 Å². The molecule has 3 aromatic carbocycles. The van der Waals surface area contributed by atoms with Gasteiger partial charge in [0.2, 0.25) is 5.78 Å². The fraction of sp³-hybridized carbons (Fsp3) is 0.0690. The van der Waals surface area contributed by atoms with Crippen molar-refractivity contribution in [3.05, 3.63) is 105 Å². The number of carbonyl (C=O) groups is 2. The zero-order valence-electron chi connectivity index (χ0n) is 19.6. The van der Waals surface area contributed by atoms with Gasteiger partial charge in [0.1, 0.15) is 9.71 Å². The second kappa shape index (κ2) is 10.3. The van der Waals surface area contributed by atoms with Gasteiger partial charge < -0.3 is 10.5 Å². The number of benzene rings is 3. The van der Waals surface area contributed by atoms with Crippen molar-refractivity contribution in [1.29, 1.82) is 0 Å². The molecule has 0 aliphatic carbocycles. The van der Waals surface area contributed by atoms with Gasteiger partial charge in [-0.15, -0.1) is 11.3 Å². The average molecular weight is 547 g/mol. The van der Waals surface area contributed by atoms with E-state index >= 15 is 0 Å². The number of nitrogen functional groups attached to an aromatic ring is 1. The number of hydrogen-bond acceptors (Lipinski definition) is 6. The molecule has 0 saturated heterocycles. The van der Waals surface area contributed by atoms with E-state index in [1.165, 1.54) is 11.3 Å². The maximum atomic E-state index is 13.5. The number of ether oxygens (including phenoxy) is 1. The number of thiophene rings is 1. The quantitative estimate of drug-likeness (QED) is 0.172. The molecule has 0 unspecified atom stereocenters. The van der Waals surface area contributed by atoms with Crippen LogP contribution in [0.25, 0.3) is 32.6 Å². The Balaban J connectivity index is 1.87. The summed E-state index contributed by atoms with van der Waals surface area (Å²) in [5, 5.41) is 1.60. The highest BCUT2D eigenvalue weighted by molar-refractivity contribution is 7.21. The minimum Gasteiger partial charge on any atom is -0.462 e. The Bertz CT molecular complexity index is 1630. The van der Waals surface area contributed by atoms with Gasteiger partial charge in [-0.05, 0) is 48.9 Å². The topological polar surface area (TPSA) is 82.3 Å². The van der Waals surface area contributed by atoms with Gasteiger partial charge in [0, 0.05) is 32.1 Å². The monoisotopic (exact) mass is 546 g/mol. The molecule has 5 rings (SSSR count). The van der Waals surface area contributed by atoms with E-state index in [2.05, 4.69) is 0 Å². The average Bonchev–Trinajstić information content (AvgIpc) is 3.24. The molecule has 8 heteroatoms. The number of fused-ring (bicyclic) bond motifs is 1. The van der Waals surface area contributed by atoms with Crippen LogP contribution in [-0.2, 0) is 4.74 Å². The first-order chi connectivity index (χ1) is 17.9. The first-order valence-corrected chi connectivity index (χ1v) is 13.0. The minimum absolute atomic E-state index is 0.185. The van der Waals surface area contributed by atoms with E-state index in [0.29, 0.717) is 47.5 Å². The molecule has 5 nitrogen and oxygen atoms in total. The Morgan fingerprint density at radius 1 is 0.892 bits per heavy atom. The molecule has 2 heterocycles. The van der Waals surface area contributed by atoms with Crippen LogP contribution in [0.5, 0.6) is 0 Å². The van der Waals surface area contributed by atoms with E-state index in [0.717, 1.165) is 5.56 Å². The molecule has 0 fully saturated rings. The largest absolute Gasteiger partial charge is 0.462 e. The summed E-state index contributed by atoms with van der Waals surface area (Å²) in [7, 11) is 0. The molecular weight excluding hydrogens is 527 g/mol. The number of rotatable bonds is 6. The molecular formula is C29H20Cl2N2O3S. The first kappa shape index (κ1) is 25.0. The normalized spacial score (nSPS) is 11.0. The number of anilines is 1. The van der Waals surface area contributed by atoms with Crippen LogP contribution in [-0.4, -0.2) is 23.3 Å².